The molecule has 1 rings (SSSR count). The molecular formula is C6HCl5O. The molecule has 1 aliphatic carbocycles. The largest absolute Gasteiger partial charge is 0.289 e. The van der Waals surface area contributed by atoms with Crippen molar-refractivity contribution >= 4 is 63.8 Å². The highest BCUT2D eigenvalue weighted by Gasteiger charge is 2.42. The first-order chi connectivity index (χ1) is 5.37. The van der Waals surface area contributed by atoms with Crippen LogP contribution in [0.2, 0.25) is 0 Å². The number of Topliss-reactive ketones (excluding diaryl/α,β-unsaturated/α-hetero) is 1. The second kappa shape index (κ2) is 3.39. The minimum atomic E-state index is -1.84. The molecule has 0 aromatic rings. The third kappa shape index (κ3) is 1.61. The number of carbonyl (C=O) groups excluding carboxylic acids is 1. The maximum Gasteiger partial charge on any atom is 0.218 e. The van der Waals surface area contributed by atoms with E-state index in [0.29, 0.717) is 0 Å². The topological polar surface area (TPSA) is 17.1 Å². The van der Waals surface area contributed by atoms with E-state index in [1.165, 1.54) is 6.08 Å². The van der Waals surface area contributed by atoms with Gasteiger partial charge in [-0.3, -0.25) is 4.79 Å². The van der Waals surface area contributed by atoms with E-state index < -0.39 is 10.1 Å². The summed E-state index contributed by atoms with van der Waals surface area (Å²) in [6, 6.07) is 0. The van der Waals surface area contributed by atoms with Crippen LogP contribution in [0.15, 0.2) is 21.2 Å². The molecule has 66 valence electrons. The Hall–Kier alpha value is 0.600. The van der Waals surface area contributed by atoms with Gasteiger partial charge in [0.2, 0.25) is 10.1 Å². The predicted molar refractivity (Wildman–Crippen MR) is 52.1 cm³/mol. The Morgan fingerprint density at radius 2 is 1.67 bits per heavy atom. The second-order valence-electron chi connectivity index (χ2n) is 2.06. The Labute approximate surface area is 93.9 Å². The van der Waals surface area contributed by atoms with Gasteiger partial charge < -0.3 is 0 Å². The van der Waals surface area contributed by atoms with Crippen LogP contribution in [0.1, 0.15) is 0 Å². The van der Waals surface area contributed by atoms with E-state index in [1.807, 2.05) is 0 Å². The number of alkyl halides is 2. The summed E-state index contributed by atoms with van der Waals surface area (Å²) in [5.74, 6) is -0.665. The monoisotopic (exact) mass is 264 g/mol. The number of hydrogen-bond acceptors (Lipinski definition) is 1. The zero-order valence-electron chi connectivity index (χ0n) is 5.38. The van der Waals surface area contributed by atoms with Crippen molar-refractivity contribution in [1.29, 1.82) is 0 Å². The quantitative estimate of drug-likeness (QED) is 0.613. The predicted octanol–water partition coefficient (Wildman–Crippen LogP) is 3.55. The fourth-order valence-electron chi connectivity index (χ4n) is 0.640. The summed E-state index contributed by atoms with van der Waals surface area (Å²) in [4.78, 5) is 11.2. The van der Waals surface area contributed by atoms with Gasteiger partial charge in [-0.15, -0.1) is 0 Å². The van der Waals surface area contributed by atoms with Crippen molar-refractivity contribution in [3.05, 3.63) is 21.2 Å². The fraction of sp³-hybridized carbons (Fsp3) is 0.167. The minimum Gasteiger partial charge on any atom is -0.289 e. The number of allylic oxidation sites excluding steroid dienone is 4. The molecule has 0 saturated heterocycles. The minimum absolute atomic E-state index is 0.0752. The molecule has 0 heterocycles. The van der Waals surface area contributed by atoms with Crippen LogP contribution in [-0.2, 0) is 4.79 Å². The zero-order valence-corrected chi connectivity index (χ0v) is 9.16. The van der Waals surface area contributed by atoms with Crippen LogP contribution in [0.5, 0.6) is 0 Å². The number of ketones is 1. The van der Waals surface area contributed by atoms with Gasteiger partial charge in [-0.25, -0.2) is 0 Å². The SMILES string of the molecule is O=C1C(Cl)=CC(Cl)=C(Cl)C1(Cl)Cl. The van der Waals surface area contributed by atoms with E-state index in [2.05, 4.69) is 0 Å². The van der Waals surface area contributed by atoms with Crippen LogP contribution in [0.4, 0.5) is 0 Å². The van der Waals surface area contributed by atoms with Crippen LogP contribution in [0.3, 0.4) is 0 Å². The summed E-state index contributed by atoms with van der Waals surface area (Å²) in [6.45, 7) is 0. The molecule has 0 aromatic carbocycles. The standard InChI is InChI=1S/C6HCl5O/c7-2-1-3(8)5(12)6(10,11)4(2)9/h1H. The molecule has 0 aliphatic heterocycles. The van der Waals surface area contributed by atoms with Gasteiger partial charge in [-0.2, -0.15) is 0 Å². The van der Waals surface area contributed by atoms with E-state index in [4.69, 9.17) is 58.0 Å². The Balaban J connectivity index is 3.28. The molecule has 1 nitrogen and oxygen atoms in total. The molecule has 1 aliphatic rings. The number of hydrogen-bond donors (Lipinski definition) is 0. The summed E-state index contributed by atoms with van der Waals surface area (Å²) in [6.07, 6.45) is 1.21. The molecule has 0 N–H and O–H groups in total. The van der Waals surface area contributed by atoms with E-state index >= 15 is 0 Å². The average molecular weight is 266 g/mol. The van der Waals surface area contributed by atoms with Gasteiger partial charge in [0.25, 0.3) is 0 Å². The maximum atomic E-state index is 11.2. The van der Waals surface area contributed by atoms with Gasteiger partial charge in [-0.05, 0) is 6.08 Å². The average Bonchev–Trinajstić information content (AvgIpc) is 1.99. The molecule has 0 bridgehead atoms. The van der Waals surface area contributed by atoms with Crippen LogP contribution < -0.4 is 0 Å². The molecule has 0 amide bonds. The molecule has 6 heteroatoms. The third-order valence-corrected chi connectivity index (χ3v) is 3.32. The van der Waals surface area contributed by atoms with Crippen molar-refractivity contribution in [1.82, 2.24) is 0 Å². The fourth-order valence-corrected chi connectivity index (χ4v) is 1.94. The van der Waals surface area contributed by atoms with Crippen molar-refractivity contribution in [3.8, 4) is 0 Å². The first kappa shape index (κ1) is 10.7. The van der Waals surface area contributed by atoms with Crippen molar-refractivity contribution < 1.29 is 4.79 Å². The lowest BCUT2D eigenvalue weighted by atomic mass is 10.1. The van der Waals surface area contributed by atoms with Crippen LogP contribution in [-0.4, -0.2) is 10.1 Å². The number of halogens is 5. The molecule has 0 spiro atoms. The van der Waals surface area contributed by atoms with Crippen LogP contribution in [0, 0.1) is 0 Å². The zero-order chi connectivity index (χ0) is 9.52. The highest BCUT2D eigenvalue weighted by atomic mass is 35.5. The van der Waals surface area contributed by atoms with E-state index in [0.717, 1.165) is 0 Å². The highest BCUT2D eigenvalue weighted by molar-refractivity contribution is 6.70. The van der Waals surface area contributed by atoms with Gasteiger partial charge in [-0.1, -0.05) is 58.0 Å². The number of carbonyl (C=O) groups is 1. The van der Waals surface area contributed by atoms with Gasteiger partial charge in [0, 0.05) is 0 Å². The first-order valence-electron chi connectivity index (χ1n) is 2.73. The normalized spacial score (nSPS) is 22.8. The van der Waals surface area contributed by atoms with Crippen molar-refractivity contribution in [3.63, 3.8) is 0 Å². The Bertz CT molecular complexity index is 301. The van der Waals surface area contributed by atoms with Crippen LogP contribution >= 0.6 is 58.0 Å². The second-order valence-corrected chi connectivity index (χ2v) is 4.58. The lowest BCUT2D eigenvalue weighted by molar-refractivity contribution is -0.114. The molecular weight excluding hydrogens is 265 g/mol. The smallest absolute Gasteiger partial charge is 0.218 e. The van der Waals surface area contributed by atoms with Crippen molar-refractivity contribution in [2.75, 3.05) is 0 Å². The summed E-state index contributed by atoms with van der Waals surface area (Å²) in [5.41, 5.74) is 0. The van der Waals surface area contributed by atoms with Gasteiger partial charge in [0.05, 0.1) is 15.1 Å². The molecule has 0 atom stereocenters. The Kier molecular flexibility index (Phi) is 3.02. The third-order valence-electron chi connectivity index (χ3n) is 1.24. The maximum absolute atomic E-state index is 11.2. The van der Waals surface area contributed by atoms with E-state index in [9.17, 15) is 4.79 Å². The van der Waals surface area contributed by atoms with Crippen LogP contribution in [0.25, 0.3) is 0 Å². The molecule has 12 heavy (non-hydrogen) atoms. The Morgan fingerprint density at radius 1 is 1.17 bits per heavy atom. The summed E-state index contributed by atoms with van der Waals surface area (Å²) in [7, 11) is 0. The van der Waals surface area contributed by atoms with E-state index in [-0.39, 0.29) is 15.1 Å². The first-order valence-corrected chi connectivity index (χ1v) is 4.62. The molecule has 0 fully saturated rings. The highest BCUT2D eigenvalue weighted by Crippen LogP contribution is 2.43. The summed E-state index contributed by atoms with van der Waals surface area (Å²) in [5, 5.41) is -0.178. The molecule has 0 aromatic heterocycles. The van der Waals surface area contributed by atoms with Gasteiger partial charge in [0.15, 0.2) is 0 Å². The van der Waals surface area contributed by atoms with E-state index in [1.54, 1.807) is 0 Å². The Morgan fingerprint density at radius 3 is 2.17 bits per heavy atom. The van der Waals surface area contributed by atoms with Crippen molar-refractivity contribution in [2.24, 2.45) is 0 Å². The van der Waals surface area contributed by atoms with Gasteiger partial charge >= 0.3 is 0 Å². The lowest BCUT2D eigenvalue weighted by Gasteiger charge is -2.21. The van der Waals surface area contributed by atoms with Gasteiger partial charge in [0.1, 0.15) is 0 Å². The van der Waals surface area contributed by atoms with Crippen molar-refractivity contribution in [2.45, 2.75) is 4.33 Å². The summed E-state index contributed by atoms with van der Waals surface area (Å²) >= 11 is 27.8. The summed E-state index contributed by atoms with van der Waals surface area (Å²) < 4.78 is -1.84. The lowest BCUT2D eigenvalue weighted by Crippen LogP contribution is -2.29. The molecule has 0 radical (unpaired) electrons. The number of rotatable bonds is 0. The molecule has 0 saturated carbocycles. The molecule has 0 unspecified atom stereocenters.